The molecule has 102 valence electrons. The zero-order chi connectivity index (χ0) is 14.5. The first-order chi connectivity index (χ1) is 10.3. The summed E-state index contributed by atoms with van der Waals surface area (Å²) in [5.41, 5.74) is 0.984. The minimum Gasteiger partial charge on any atom is -0.293 e. The van der Waals surface area contributed by atoms with Gasteiger partial charge < -0.3 is 0 Å². The van der Waals surface area contributed by atoms with Crippen molar-refractivity contribution >= 4 is 28.5 Å². The maximum absolute atomic E-state index is 12.2. The van der Waals surface area contributed by atoms with Crippen LogP contribution < -0.4 is 0 Å². The van der Waals surface area contributed by atoms with Crippen LogP contribution in [-0.2, 0) is 6.42 Å². The average Bonchev–Trinajstić information content (AvgIpc) is 3.17. The van der Waals surface area contributed by atoms with E-state index < -0.39 is 0 Å². The van der Waals surface area contributed by atoms with Gasteiger partial charge in [-0.15, -0.1) is 22.7 Å². The molecule has 1 aromatic carbocycles. The van der Waals surface area contributed by atoms with Gasteiger partial charge in [0, 0.05) is 16.9 Å². The van der Waals surface area contributed by atoms with Gasteiger partial charge in [-0.1, -0.05) is 36.1 Å². The fraction of sp³-hybridized carbons (Fsp3) is 0.0556. The highest BCUT2D eigenvalue weighted by molar-refractivity contribution is 7.14. The van der Waals surface area contributed by atoms with E-state index in [0.29, 0.717) is 6.42 Å². The number of hydrogen-bond donors (Lipinski definition) is 0. The van der Waals surface area contributed by atoms with Crippen molar-refractivity contribution in [2.75, 3.05) is 0 Å². The van der Waals surface area contributed by atoms with Gasteiger partial charge in [0.25, 0.3) is 0 Å². The molecule has 3 aromatic rings. The SMILES string of the molecule is O=C(Cc1cccs1)c1ccc(C#Cc2ccccc2)s1. The molecule has 21 heavy (non-hydrogen) atoms. The van der Waals surface area contributed by atoms with Crippen LogP contribution >= 0.6 is 22.7 Å². The lowest BCUT2D eigenvalue weighted by atomic mass is 10.2. The fourth-order valence-electron chi connectivity index (χ4n) is 1.87. The molecule has 3 rings (SSSR count). The Kier molecular flexibility index (Phi) is 4.30. The number of thiophene rings is 2. The smallest absolute Gasteiger partial charge is 0.178 e. The number of rotatable bonds is 3. The van der Waals surface area contributed by atoms with Crippen molar-refractivity contribution in [1.29, 1.82) is 0 Å². The van der Waals surface area contributed by atoms with Crippen LogP contribution in [0.3, 0.4) is 0 Å². The molecule has 0 bridgehead atoms. The third kappa shape index (κ3) is 3.69. The van der Waals surface area contributed by atoms with Gasteiger partial charge in [0.15, 0.2) is 5.78 Å². The molecule has 0 aliphatic heterocycles. The van der Waals surface area contributed by atoms with E-state index in [9.17, 15) is 4.79 Å². The van der Waals surface area contributed by atoms with Gasteiger partial charge >= 0.3 is 0 Å². The number of carbonyl (C=O) groups is 1. The van der Waals surface area contributed by atoms with Gasteiger partial charge in [-0.25, -0.2) is 0 Å². The lowest BCUT2D eigenvalue weighted by Gasteiger charge is -1.93. The molecule has 0 N–H and O–H groups in total. The molecule has 1 nitrogen and oxygen atoms in total. The standard InChI is InChI=1S/C18H12OS2/c19-17(13-16-7-4-12-20-16)18-11-10-15(21-18)9-8-14-5-2-1-3-6-14/h1-7,10-12H,13H2. The molecule has 0 unspecified atom stereocenters. The zero-order valence-corrected chi connectivity index (χ0v) is 12.8. The Bertz CT molecular complexity index is 787. The van der Waals surface area contributed by atoms with Crippen LogP contribution in [0, 0.1) is 11.8 Å². The van der Waals surface area contributed by atoms with Gasteiger partial charge in [0.05, 0.1) is 9.75 Å². The first-order valence-electron chi connectivity index (χ1n) is 6.54. The van der Waals surface area contributed by atoms with E-state index >= 15 is 0 Å². The van der Waals surface area contributed by atoms with Crippen LogP contribution in [0.5, 0.6) is 0 Å². The summed E-state index contributed by atoms with van der Waals surface area (Å²) in [5.74, 6) is 6.39. The Morgan fingerprint density at radius 3 is 2.57 bits per heavy atom. The lowest BCUT2D eigenvalue weighted by Crippen LogP contribution is -1.98. The maximum atomic E-state index is 12.2. The number of carbonyl (C=O) groups excluding carboxylic acids is 1. The van der Waals surface area contributed by atoms with Crippen molar-refractivity contribution < 1.29 is 4.79 Å². The molecule has 2 aromatic heterocycles. The van der Waals surface area contributed by atoms with Crippen LogP contribution in [0.2, 0.25) is 0 Å². The van der Waals surface area contributed by atoms with Gasteiger partial charge in [0.2, 0.25) is 0 Å². The molecule has 0 fully saturated rings. The van der Waals surface area contributed by atoms with Gasteiger partial charge in [-0.3, -0.25) is 4.79 Å². The molecule has 0 spiro atoms. The van der Waals surface area contributed by atoms with Gasteiger partial charge in [-0.2, -0.15) is 0 Å². The molecular formula is C18H12OS2. The fourth-order valence-corrected chi connectivity index (χ4v) is 3.37. The first kappa shape index (κ1) is 13.8. The number of Topliss-reactive ketones (excluding diaryl/α,β-unsaturated/α-hetero) is 1. The second kappa shape index (κ2) is 6.53. The predicted molar refractivity (Wildman–Crippen MR) is 89.1 cm³/mol. The molecule has 0 radical (unpaired) electrons. The molecule has 0 atom stereocenters. The zero-order valence-electron chi connectivity index (χ0n) is 11.2. The molecule has 3 heteroatoms. The molecule has 2 heterocycles. The third-order valence-electron chi connectivity index (χ3n) is 2.90. The second-order valence-corrected chi connectivity index (χ2v) is 6.58. The molecular weight excluding hydrogens is 296 g/mol. The average molecular weight is 308 g/mol. The van der Waals surface area contributed by atoms with E-state index in [1.165, 1.54) is 11.3 Å². The highest BCUT2D eigenvalue weighted by atomic mass is 32.1. The van der Waals surface area contributed by atoms with Crippen molar-refractivity contribution in [2.45, 2.75) is 6.42 Å². The Labute approximate surface area is 131 Å². The summed E-state index contributed by atoms with van der Waals surface area (Å²) in [5, 5.41) is 1.99. The number of ketones is 1. The van der Waals surface area contributed by atoms with Gasteiger partial charge in [-0.05, 0) is 35.7 Å². The molecule has 0 aliphatic carbocycles. The van der Waals surface area contributed by atoms with Gasteiger partial charge in [0.1, 0.15) is 0 Å². The third-order valence-corrected chi connectivity index (χ3v) is 4.82. The first-order valence-corrected chi connectivity index (χ1v) is 8.23. The Morgan fingerprint density at radius 2 is 1.81 bits per heavy atom. The summed E-state index contributed by atoms with van der Waals surface area (Å²) in [6.07, 6.45) is 0.476. The summed E-state index contributed by atoms with van der Waals surface area (Å²) < 4.78 is 0. The van der Waals surface area contributed by atoms with Crippen molar-refractivity contribution in [2.24, 2.45) is 0 Å². The minimum atomic E-state index is 0.162. The Hall–Kier alpha value is -2.15. The highest BCUT2D eigenvalue weighted by Crippen LogP contribution is 2.19. The van der Waals surface area contributed by atoms with Crippen molar-refractivity contribution in [3.05, 3.63) is 80.2 Å². The van der Waals surface area contributed by atoms with Crippen molar-refractivity contribution in [3.8, 4) is 11.8 Å². The predicted octanol–water partition coefficient (Wildman–Crippen LogP) is 4.63. The van der Waals surface area contributed by atoms with Crippen LogP contribution in [0.1, 0.15) is 25.0 Å². The van der Waals surface area contributed by atoms with E-state index in [2.05, 4.69) is 11.8 Å². The van der Waals surface area contributed by atoms with Crippen LogP contribution in [-0.4, -0.2) is 5.78 Å². The number of hydrogen-bond acceptors (Lipinski definition) is 3. The quantitative estimate of drug-likeness (QED) is 0.509. The minimum absolute atomic E-state index is 0.162. The van der Waals surface area contributed by atoms with Crippen molar-refractivity contribution in [1.82, 2.24) is 0 Å². The molecule has 0 amide bonds. The monoisotopic (exact) mass is 308 g/mol. The maximum Gasteiger partial charge on any atom is 0.178 e. The summed E-state index contributed by atoms with van der Waals surface area (Å²) in [4.78, 5) is 15.0. The summed E-state index contributed by atoms with van der Waals surface area (Å²) in [6.45, 7) is 0. The van der Waals surface area contributed by atoms with Crippen molar-refractivity contribution in [3.63, 3.8) is 0 Å². The van der Waals surface area contributed by atoms with E-state index in [1.54, 1.807) is 11.3 Å². The molecule has 0 saturated carbocycles. The number of benzene rings is 1. The molecule has 0 aliphatic rings. The van der Waals surface area contributed by atoms with E-state index in [0.717, 1.165) is 20.2 Å². The van der Waals surface area contributed by atoms with Crippen LogP contribution in [0.15, 0.2) is 60.0 Å². The largest absolute Gasteiger partial charge is 0.293 e. The van der Waals surface area contributed by atoms with Crippen LogP contribution in [0.25, 0.3) is 0 Å². The molecule has 0 saturated heterocycles. The Balaban J connectivity index is 1.72. The second-order valence-electron chi connectivity index (χ2n) is 4.46. The summed E-state index contributed by atoms with van der Waals surface area (Å²) >= 11 is 3.08. The van der Waals surface area contributed by atoms with Crippen LogP contribution in [0.4, 0.5) is 0 Å². The Morgan fingerprint density at radius 1 is 0.952 bits per heavy atom. The summed E-state index contributed by atoms with van der Waals surface area (Å²) in [6, 6.07) is 17.6. The van der Waals surface area contributed by atoms with E-state index in [1.807, 2.05) is 60.0 Å². The van der Waals surface area contributed by atoms with E-state index in [-0.39, 0.29) is 5.78 Å². The van der Waals surface area contributed by atoms with E-state index in [4.69, 9.17) is 0 Å². The normalized spacial score (nSPS) is 9.90. The lowest BCUT2D eigenvalue weighted by molar-refractivity contribution is 0.0997. The topological polar surface area (TPSA) is 17.1 Å². The summed E-state index contributed by atoms with van der Waals surface area (Å²) in [7, 11) is 0. The highest BCUT2D eigenvalue weighted by Gasteiger charge is 2.10.